The van der Waals surface area contributed by atoms with E-state index in [0.29, 0.717) is 30.4 Å². The maximum Gasteiger partial charge on any atom is 0.148 e. The Morgan fingerprint density at radius 3 is 2.85 bits per heavy atom. The van der Waals surface area contributed by atoms with Gasteiger partial charge in [0.05, 0.1) is 21.6 Å². The molecule has 0 aliphatic carbocycles. The van der Waals surface area contributed by atoms with Gasteiger partial charge in [0.15, 0.2) is 0 Å². The summed E-state index contributed by atoms with van der Waals surface area (Å²) in [5.74, 6) is 1.32. The van der Waals surface area contributed by atoms with Crippen molar-refractivity contribution in [1.82, 2.24) is 9.97 Å². The van der Waals surface area contributed by atoms with E-state index in [2.05, 4.69) is 15.3 Å². The van der Waals surface area contributed by atoms with Crippen LogP contribution >= 0.6 is 11.6 Å². The zero-order valence-electron chi connectivity index (χ0n) is 20.4. The fourth-order valence-corrected chi connectivity index (χ4v) is 2.90. The molecule has 1 heterocycles. The normalized spacial score (nSPS) is 14.7. The van der Waals surface area contributed by atoms with E-state index in [1.807, 2.05) is 32.9 Å². The summed E-state index contributed by atoms with van der Waals surface area (Å²) in [6.07, 6.45) is 2.60. The van der Waals surface area contributed by atoms with Gasteiger partial charge in [-0.1, -0.05) is 24.6 Å². The lowest BCUT2D eigenvalue weighted by Crippen LogP contribution is -2.14. The Hall–Kier alpha value is -1.85. The minimum absolute atomic E-state index is 0.0325. The number of rotatable bonds is 10. The molecule has 0 aliphatic heterocycles. The number of aryl methyl sites for hydroxylation is 1. The van der Waals surface area contributed by atoms with Crippen LogP contribution < -0.4 is 10.1 Å². The molecule has 0 atom stereocenters. The van der Waals surface area contributed by atoms with Crippen LogP contribution in [-0.2, 0) is 17.6 Å². The van der Waals surface area contributed by atoms with Crippen LogP contribution in [0, 0.1) is 13.8 Å². The lowest BCUT2D eigenvalue weighted by molar-refractivity contribution is 0.151. The van der Waals surface area contributed by atoms with Crippen molar-refractivity contribution in [2.24, 2.45) is 0 Å². The third-order valence-electron chi connectivity index (χ3n) is 4.24. The summed E-state index contributed by atoms with van der Waals surface area (Å²) < 4.78 is 47.4. The van der Waals surface area contributed by atoms with Crippen molar-refractivity contribution in [1.29, 1.82) is 0 Å². The summed E-state index contributed by atoms with van der Waals surface area (Å²) in [7, 11) is 0. The maximum atomic E-state index is 7.51. The molecule has 6 heteroatoms. The third kappa shape index (κ3) is 5.32. The largest absolute Gasteiger partial charge is 0.491 e. The van der Waals surface area contributed by atoms with Gasteiger partial charge in [-0.25, -0.2) is 9.97 Å². The van der Waals surface area contributed by atoms with Gasteiger partial charge in [0.25, 0.3) is 0 Å². The van der Waals surface area contributed by atoms with Crippen LogP contribution in [0.3, 0.4) is 0 Å². The molecule has 0 saturated heterocycles. The molecule has 1 aromatic carbocycles. The Kier molecular flexibility index (Phi) is 5.66. The van der Waals surface area contributed by atoms with Crippen molar-refractivity contribution in [3.05, 3.63) is 45.9 Å². The van der Waals surface area contributed by atoms with E-state index in [1.54, 1.807) is 0 Å². The Balaban J connectivity index is 1.89. The fraction of sp³-hybridized carbons (Fsp3) is 0.500. The molecule has 0 spiro atoms. The SMILES string of the molecule is [2H]C([2H])([2H])C([2H])([2H])OCCc1ccc(OCCNc2ncnc(CC)c2Cl)c(C)c1C. The molecule has 0 unspecified atom stereocenters. The number of aromatic nitrogens is 2. The Bertz CT molecular complexity index is 894. The smallest absolute Gasteiger partial charge is 0.148 e. The van der Waals surface area contributed by atoms with E-state index in [4.69, 9.17) is 27.9 Å². The second kappa shape index (κ2) is 10.3. The zero-order chi connectivity index (χ0) is 23.2. The van der Waals surface area contributed by atoms with Gasteiger partial charge in [0, 0.05) is 10.7 Å². The van der Waals surface area contributed by atoms with Crippen molar-refractivity contribution < 1.29 is 16.3 Å². The van der Waals surface area contributed by atoms with Crippen LogP contribution in [0.25, 0.3) is 0 Å². The molecule has 0 bridgehead atoms. The van der Waals surface area contributed by atoms with Crippen LogP contribution in [0.4, 0.5) is 5.82 Å². The summed E-state index contributed by atoms with van der Waals surface area (Å²) >= 11 is 6.27. The molecule has 0 amide bonds. The van der Waals surface area contributed by atoms with E-state index >= 15 is 0 Å². The third-order valence-corrected chi connectivity index (χ3v) is 4.64. The number of hydrogen-bond acceptors (Lipinski definition) is 5. The number of nitrogens with one attached hydrogen (secondary N) is 1. The van der Waals surface area contributed by atoms with E-state index in [-0.39, 0.29) is 6.61 Å². The number of hydrogen-bond donors (Lipinski definition) is 1. The summed E-state index contributed by atoms with van der Waals surface area (Å²) in [5.41, 5.74) is 3.70. The van der Waals surface area contributed by atoms with Gasteiger partial charge in [0.1, 0.15) is 29.5 Å². The molecule has 2 aromatic rings. The van der Waals surface area contributed by atoms with E-state index in [1.165, 1.54) is 6.33 Å². The average Bonchev–Trinajstić information content (AvgIpc) is 2.70. The predicted molar refractivity (Wildman–Crippen MR) is 107 cm³/mol. The standard InChI is InChI=1S/C20H28ClN3O2/c1-5-17-19(21)20(24-13-23-17)22-10-12-26-18-8-7-16(9-11-25-6-2)14(3)15(18)4/h7-8,13H,5-6,9-12H2,1-4H3,(H,22,23,24)/i2D3,6D2. The second-order valence-corrected chi connectivity index (χ2v) is 6.16. The Morgan fingerprint density at radius 1 is 1.23 bits per heavy atom. The second-order valence-electron chi connectivity index (χ2n) is 5.79. The van der Waals surface area contributed by atoms with Crippen molar-refractivity contribution in [3.8, 4) is 5.75 Å². The van der Waals surface area contributed by atoms with Crippen molar-refractivity contribution in [2.45, 2.75) is 40.5 Å². The van der Waals surface area contributed by atoms with Crippen LogP contribution in [0.5, 0.6) is 5.75 Å². The first kappa shape index (κ1) is 14.2. The molecule has 0 aliphatic rings. The Morgan fingerprint density at radius 2 is 2.08 bits per heavy atom. The molecule has 0 radical (unpaired) electrons. The van der Waals surface area contributed by atoms with Gasteiger partial charge < -0.3 is 14.8 Å². The van der Waals surface area contributed by atoms with Crippen molar-refractivity contribution in [3.63, 3.8) is 0 Å². The highest BCUT2D eigenvalue weighted by Gasteiger charge is 2.09. The topological polar surface area (TPSA) is 56.3 Å². The van der Waals surface area contributed by atoms with E-state index in [9.17, 15) is 0 Å². The highest BCUT2D eigenvalue weighted by molar-refractivity contribution is 6.33. The highest BCUT2D eigenvalue weighted by Crippen LogP contribution is 2.25. The van der Waals surface area contributed by atoms with Gasteiger partial charge in [-0.2, -0.15) is 0 Å². The number of anilines is 1. The van der Waals surface area contributed by atoms with E-state index < -0.39 is 13.4 Å². The maximum absolute atomic E-state index is 7.51. The first-order chi connectivity index (χ1) is 14.5. The molecule has 0 fully saturated rings. The quantitative estimate of drug-likeness (QED) is 0.618. The fourth-order valence-electron chi connectivity index (χ4n) is 2.60. The molecule has 26 heavy (non-hydrogen) atoms. The number of nitrogens with zero attached hydrogens (tertiary/aromatic N) is 2. The minimum atomic E-state index is -2.82. The van der Waals surface area contributed by atoms with Crippen LogP contribution in [-0.4, -0.2) is 36.3 Å². The van der Waals surface area contributed by atoms with Gasteiger partial charge in [-0.05, 0) is 56.3 Å². The lowest BCUT2D eigenvalue weighted by Gasteiger charge is -2.15. The molecule has 142 valence electrons. The first-order valence-electron chi connectivity index (χ1n) is 11.1. The predicted octanol–water partition coefficient (Wildman–Crippen LogP) is 4.38. The van der Waals surface area contributed by atoms with Gasteiger partial charge >= 0.3 is 0 Å². The van der Waals surface area contributed by atoms with Crippen LogP contribution in [0.15, 0.2) is 18.5 Å². The minimum Gasteiger partial charge on any atom is -0.491 e. The molecule has 5 nitrogen and oxygen atoms in total. The van der Waals surface area contributed by atoms with Crippen LogP contribution in [0.1, 0.15) is 43.0 Å². The summed E-state index contributed by atoms with van der Waals surface area (Å²) in [5, 5.41) is 3.67. The molecule has 1 aromatic heterocycles. The van der Waals surface area contributed by atoms with Gasteiger partial charge in [0.2, 0.25) is 0 Å². The van der Waals surface area contributed by atoms with E-state index in [0.717, 1.165) is 34.6 Å². The zero-order valence-corrected chi connectivity index (χ0v) is 16.1. The van der Waals surface area contributed by atoms with Crippen molar-refractivity contribution in [2.75, 3.05) is 31.6 Å². The summed E-state index contributed by atoms with van der Waals surface area (Å²) in [4.78, 5) is 8.29. The average molecular weight is 383 g/mol. The monoisotopic (exact) mass is 382 g/mol. The molecular formula is C20H28ClN3O2. The Labute approximate surface area is 168 Å². The molecule has 1 N–H and O–H groups in total. The van der Waals surface area contributed by atoms with Gasteiger partial charge in [-0.15, -0.1) is 0 Å². The molecule has 0 saturated carbocycles. The first-order valence-corrected chi connectivity index (χ1v) is 8.94. The molecular weight excluding hydrogens is 350 g/mol. The van der Waals surface area contributed by atoms with Crippen LogP contribution in [0.2, 0.25) is 5.02 Å². The van der Waals surface area contributed by atoms with Crippen molar-refractivity contribution >= 4 is 17.4 Å². The lowest BCUT2D eigenvalue weighted by atomic mass is 10.0. The summed E-state index contributed by atoms with van der Waals surface area (Å²) in [6.45, 7) is 1.26. The number of ether oxygens (including phenoxy) is 2. The molecule has 2 rings (SSSR count). The van der Waals surface area contributed by atoms with Gasteiger partial charge in [-0.3, -0.25) is 0 Å². The number of halogens is 1. The number of benzene rings is 1. The highest BCUT2D eigenvalue weighted by atomic mass is 35.5. The summed E-state index contributed by atoms with van der Waals surface area (Å²) in [6, 6.07) is 3.73.